The van der Waals surface area contributed by atoms with Crippen LogP contribution in [0.4, 0.5) is 14.9 Å². The predicted molar refractivity (Wildman–Crippen MR) is 109 cm³/mol. The number of benzene rings is 2. The van der Waals surface area contributed by atoms with Gasteiger partial charge in [-0.15, -0.1) is 0 Å². The number of amides is 4. The SMILES string of the molecule is CN1C=C(C(=O)NCc2ccc(Cl)cc2)C2NC(=O)N(c3ccc(F)cc3)C(=O)C21. The molecular weight excluding hydrogens is 411 g/mol. The minimum Gasteiger partial charge on any atom is -0.366 e. The number of imide groups is 1. The summed E-state index contributed by atoms with van der Waals surface area (Å²) < 4.78 is 13.2. The van der Waals surface area contributed by atoms with Crippen molar-refractivity contribution in [1.82, 2.24) is 15.5 Å². The number of urea groups is 1. The second kappa shape index (κ2) is 7.79. The summed E-state index contributed by atoms with van der Waals surface area (Å²) in [7, 11) is 1.66. The highest BCUT2D eigenvalue weighted by Gasteiger charge is 2.49. The lowest BCUT2D eigenvalue weighted by atomic mass is 9.99. The average Bonchev–Trinajstić information content (AvgIpc) is 3.05. The minimum absolute atomic E-state index is 0.256. The van der Waals surface area contributed by atoms with E-state index >= 15 is 0 Å². The number of carbonyl (C=O) groups is 3. The highest BCUT2D eigenvalue weighted by Crippen LogP contribution is 2.29. The molecule has 0 spiro atoms. The lowest BCUT2D eigenvalue weighted by molar-refractivity contribution is -0.122. The smallest absolute Gasteiger partial charge is 0.329 e. The zero-order chi connectivity index (χ0) is 21.4. The van der Waals surface area contributed by atoms with Crippen LogP contribution >= 0.6 is 11.6 Å². The van der Waals surface area contributed by atoms with Crippen LogP contribution in [0.2, 0.25) is 5.02 Å². The van der Waals surface area contributed by atoms with Crippen LogP contribution in [-0.2, 0) is 16.1 Å². The Morgan fingerprint density at radius 2 is 1.80 bits per heavy atom. The van der Waals surface area contributed by atoms with Crippen molar-refractivity contribution in [2.75, 3.05) is 11.9 Å². The fourth-order valence-corrected chi connectivity index (χ4v) is 3.74. The van der Waals surface area contributed by atoms with Crippen LogP contribution in [0.15, 0.2) is 60.3 Å². The molecule has 4 amide bonds. The molecule has 2 heterocycles. The van der Waals surface area contributed by atoms with E-state index in [0.717, 1.165) is 10.5 Å². The van der Waals surface area contributed by atoms with Crippen LogP contribution in [0.1, 0.15) is 5.56 Å². The zero-order valence-corrected chi connectivity index (χ0v) is 16.7. The molecule has 2 aliphatic rings. The number of nitrogens with zero attached hydrogens (tertiary/aromatic N) is 2. The van der Waals surface area contributed by atoms with Crippen molar-refractivity contribution in [3.05, 3.63) is 76.7 Å². The van der Waals surface area contributed by atoms with Crippen LogP contribution < -0.4 is 15.5 Å². The number of hydrogen-bond acceptors (Lipinski definition) is 4. The molecule has 1 saturated heterocycles. The number of halogens is 2. The van der Waals surface area contributed by atoms with Crippen molar-refractivity contribution >= 4 is 35.1 Å². The van der Waals surface area contributed by atoms with E-state index in [1.165, 1.54) is 24.3 Å². The minimum atomic E-state index is -0.781. The number of anilines is 1. The molecule has 2 unspecified atom stereocenters. The Balaban J connectivity index is 1.50. The first-order valence-electron chi connectivity index (χ1n) is 9.21. The van der Waals surface area contributed by atoms with Gasteiger partial charge >= 0.3 is 6.03 Å². The van der Waals surface area contributed by atoms with Gasteiger partial charge in [0.05, 0.1) is 17.3 Å². The molecule has 0 radical (unpaired) electrons. The third kappa shape index (κ3) is 3.61. The van der Waals surface area contributed by atoms with E-state index in [1.54, 1.807) is 42.4 Å². The van der Waals surface area contributed by atoms with E-state index in [1.807, 2.05) is 0 Å². The van der Waals surface area contributed by atoms with Crippen molar-refractivity contribution in [3.8, 4) is 0 Å². The molecular formula is C21H18ClFN4O3. The molecule has 2 N–H and O–H groups in total. The first kappa shape index (κ1) is 19.9. The first-order chi connectivity index (χ1) is 14.3. The molecule has 2 atom stereocenters. The van der Waals surface area contributed by atoms with E-state index in [0.29, 0.717) is 5.02 Å². The Bertz CT molecular complexity index is 1040. The van der Waals surface area contributed by atoms with Gasteiger partial charge in [0.2, 0.25) is 0 Å². The molecule has 0 bridgehead atoms. The van der Waals surface area contributed by atoms with Gasteiger partial charge in [-0.2, -0.15) is 0 Å². The Labute approximate surface area is 177 Å². The van der Waals surface area contributed by atoms with Crippen molar-refractivity contribution in [2.24, 2.45) is 0 Å². The summed E-state index contributed by atoms with van der Waals surface area (Å²) in [5.74, 6) is -1.34. The maximum absolute atomic E-state index is 13.2. The molecule has 1 fully saturated rings. The Morgan fingerprint density at radius 1 is 1.13 bits per heavy atom. The van der Waals surface area contributed by atoms with E-state index in [9.17, 15) is 18.8 Å². The highest BCUT2D eigenvalue weighted by molar-refractivity contribution is 6.30. The van der Waals surface area contributed by atoms with E-state index in [4.69, 9.17) is 11.6 Å². The summed E-state index contributed by atoms with van der Waals surface area (Å²) >= 11 is 5.86. The van der Waals surface area contributed by atoms with Crippen LogP contribution in [0.3, 0.4) is 0 Å². The average molecular weight is 429 g/mol. The molecule has 9 heteroatoms. The summed E-state index contributed by atoms with van der Waals surface area (Å²) in [4.78, 5) is 41.0. The molecule has 2 aliphatic heterocycles. The number of likely N-dealkylation sites (N-methyl/N-ethyl adjacent to an activating group) is 1. The Morgan fingerprint density at radius 3 is 2.47 bits per heavy atom. The normalized spacial score (nSPS) is 20.6. The lowest BCUT2D eigenvalue weighted by Gasteiger charge is -2.37. The first-order valence-corrected chi connectivity index (χ1v) is 9.59. The fourth-order valence-electron chi connectivity index (χ4n) is 3.61. The summed E-state index contributed by atoms with van der Waals surface area (Å²) in [6.07, 6.45) is 1.55. The van der Waals surface area contributed by atoms with Crippen molar-refractivity contribution in [2.45, 2.75) is 18.6 Å². The summed E-state index contributed by atoms with van der Waals surface area (Å²) in [6, 6.07) is 9.89. The molecule has 30 heavy (non-hydrogen) atoms. The molecule has 0 aliphatic carbocycles. The van der Waals surface area contributed by atoms with Gasteiger partial charge in [-0.05, 0) is 42.0 Å². The second-order valence-electron chi connectivity index (χ2n) is 7.08. The van der Waals surface area contributed by atoms with Gasteiger partial charge in [0.15, 0.2) is 0 Å². The van der Waals surface area contributed by atoms with Crippen LogP contribution in [0.25, 0.3) is 0 Å². The quantitative estimate of drug-likeness (QED) is 0.783. The number of fused-ring (bicyclic) bond motifs is 1. The molecule has 4 rings (SSSR count). The molecule has 0 saturated carbocycles. The van der Waals surface area contributed by atoms with Gasteiger partial charge in [0.1, 0.15) is 11.9 Å². The molecule has 0 aromatic heterocycles. The fraction of sp³-hybridized carbons (Fsp3) is 0.190. The van der Waals surface area contributed by atoms with Gasteiger partial charge in [0, 0.05) is 24.8 Å². The summed E-state index contributed by atoms with van der Waals surface area (Å²) in [6.45, 7) is 0.276. The van der Waals surface area contributed by atoms with E-state index < -0.39 is 29.8 Å². The summed E-state index contributed by atoms with van der Waals surface area (Å²) in [5.41, 5.74) is 1.41. The summed E-state index contributed by atoms with van der Waals surface area (Å²) in [5, 5.41) is 6.12. The topological polar surface area (TPSA) is 81.8 Å². The third-order valence-corrected chi connectivity index (χ3v) is 5.35. The van der Waals surface area contributed by atoms with E-state index in [-0.39, 0.29) is 23.7 Å². The van der Waals surface area contributed by atoms with Crippen LogP contribution in [-0.4, -0.2) is 41.9 Å². The Hall–Kier alpha value is -3.39. The van der Waals surface area contributed by atoms with Gasteiger partial charge in [0.25, 0.3) is 11.8 Å². The van der Waals surface area contributed by atoms with Crippen LogP contribution in [0, 0.1) is 5.82 Å². The van der Waals surface area contributed by atoms with E-state index in [2.05, 4.69) is 10.6 Å². The van der Waals surface area contributed by atoms with Gasteiger partial charge in [-0.1, -0.05) is 23.7 Å². The van der Waals surface area contributed by atoms with Crippen molar-refractivity contribution in [1.29, 1.82) is 0 Å². The maximum Gasteiger partial charge on any atom is 0.329 e. The number of nitrogens with one attached hydrogen (secondary N) is 2. The zero-order valence-electron chi connectivity index (χ0n) is 15.9. The number of hydrogen-bond donors (Lipinski definition) is 2. The molecule has 7 nitrogen and oxygen atoms in total. The van der Waals surface area contributed by atoms with Gasteiger partial charge in [-0.3, -0.25) is 9.59 Å². The number of carbonyl (C=O) groups excluding carboxylic acids is 3. The second-order valence-corrected chi connectivity index (χ2v) is 7.52. The predicted octanol–water partition coefficient (Wildman–Crippen LogP) is 2.42. The maximum atomic E-state index is 13.2. The Kier molecular flexibility index (Phi) is 5.17. The largest absolute Gasteiger partial charge is 0.366 e. The van der Waals surface area contributed by atoms with Crippen LogP contribution in [0.5, 0.6) is 0 Å². The van der Waals surface area contributed by atoms with Gasteiger partial charge < -0.3 is 15.5 Å². The number of rotatable bonds is 4. The van der Waals surface area contributed by atoms with Crippen molar-refractivity contribution < 1.29 is 18.8 Å². The lowest BCUT2D eigenvalue weighted by Crippen LogP contribution is -2.65. The van der Waals surface area contributed by atoms with Crippen molar-refractivity contribution in [3.63, 3.8) is 0 Å². The highest BCUT2D eigenvalue weighted by atomic mass is 35.5. The molecule has 2 aromatic rings. The molecule has 154 valence electrons. The standard InChI is InChI=1S/C21H18ClFN4O3/c1-26-11-16(19(28)24-10-12-2-4-13(22)5-3-12)17-18(26)20(29)27(21(30)25-17)15-8-6-14(23)7-9-15/h2-9,11,17-18H,10H2,1H3,(H,24,28)(H,25,30). The molecule has 2 aromatic carbocycles. The van der Waals surface area contributed by atoms with Gasteiger partial charge in [-0.25, -0.2) is 14.1 Å². The monoisotopic (exact) mass is 428 g/mol. The third-order valence-electron chi connectivity index (χ3n) is 5.10.